The van der Waals surface area contributed by atoms with Crippen LogP contribution in [0.25, 0.3) is 0 Å². The molecule has 0 saturated heterocycles. The van der Waals surface area contributed by atoms with Crippen molar-refractivity contribution in [1.82, 2.24) is 4.90 Å². The lowest BCUT2D eigenvalue weighted by atomic mass is 9.92. The average molecular weight is 531 g/mol. The summed E-state index contributed by atoms with van der Waals surface area (Å²) in [7, 11) is 4.99. The van der Waals surface area contributed by atoms with E-state index in [1.54, 1.807) is 33.1 Å². The first-order valence-corrected chi connectivity index (χ1v) is 14.1. The summed E-state index contributed by atoms with van der Waals surface area (Å²) >= 11 is 1.63. The second-order valence-corrected chi connectivity index (χ2v) is 11.3. The molecule has 6 heteroatoms. The van der Waals surface area contributed by atoms with Crippen molar-refractivity contribution in [2.24, 2.45) is 0 Å². The SMILES string of the molecule is COc1ccc2c(c1)CCN(CCCCCC(C#N)(Sc1ccc(C)cc1)c1ccc(OC)c(OC)c1)C2. The van der Waals surface area contributed by atoms with Crippen molar-refractivity contribution < 1.29 is 14.2 Å². The molecule has 0 aromatic heterocycles. The predicted molar refractivity (Wildman–Crippen MR) is 154 cm³/mol. The number of thioether (sulfide) groups is 1. The number of fused-ring (bicyclic) bond motifs is 1. The van der Waals surface area contributed by atoms with Crippen LogP contribution in [0.3, 0.4) is 0 Å². The molecular weight excluding hydrogens is 492 g/mol. The topological polar surface area (TPSA) is 54.7 Å². The second-order valence-electron chi connectivity index (χ2n) is 9.90. The van der Waals surface area contributed by atoms with Gasteiger partial charge in [-0.1, -0.05) is 54.4 Å². The highest BCUT2D eigenvalue weighted by Gasteiger charge is 2.34. The summed E-state index contributed by atoms with van der Waals surface area (Å²) in [6.45, 7) is 5.23. The first kappa shape index (κ1) is 27.9. The number of hydrogen-bond acceptors (Lipinski definition) is 6. The molecule has 1 aliphatic rings. The third-order valence-electron chi connectivity index (χ3n) is 7.35. The highest BCUT2D eigenvalue weighted by Crippen LogP contribution is 2.47. The van der Waals surface area contributed by atoms with Gasteiger partial charge in [-0.2, -0.15) is 5.26 Å². The van der Waals surface area contributed by atoms with Gasteiger partial charge in [0.2, 0.25) is 0 Å². The summed E-state index contributed by atoms with van der Waals surface area (Å²) in [5.74, 6) is 2.26. The summed E-state index contributed by atoms with van der Waals surface area (Å²) in [6.07, 6.45) is 5.00. The van der Waals surface area contributed by atoms with Crippen molar-refractivity contribution >= 4 is 11.8 Å². The molecule has 0 N–H and O–H groups in total. The number of methoxy groups -OCH3 is 3. The smallest absolute Gasteiger partial charge is 0.161 e. The normalized spacial score (nSPS) is 14.7. The van der Waals surface area contributed by atoms with Gasteiger partial charge in [0, 0.05) is 18.0 Å². The van der Waals surface area contributed by atoms with Crippen LogP contribution in [0.5, 0.6) is 17.2 Å². The molecule has 5 nitrogen and oxygen atoms in total. The molecule has 0 spiro atoms. The van der Waals surface area contributed by atoms with Crippen molar-refractivity contribution in [3.05, 3.63) is 82.9 Å². The number of nitriles is 1. The first-order valence-electron chi connectivity index (χ1n) is 13.3. The van der Waals surface area contributed by atoms with Gasteiger partial charge in [0.25, 0.3) is 0 Å². The largest absolute Gasteiger partial charge is 0.497 e. The van der Waals surface area contributed by atoms with Crippen LogP contribution in [-0.2, 0) is 17.7 Å². The van der Waals surface area contributed by atoms with E-state index in [2.05, 4.69) is 60.4 Å². The van der Waals surface area contributed by atoms with Crippen molar-refractivity contribution in [3.63, 3.8) is 0 Å². The zero-order valence-corrected chi connectivity index (χ0v) is 23.8. The number of nitrogens with zero attached hydrogens (tertiary/aromatic N) is 2. The Morgan fingerprint density at radius 1 is 0.868 bits per heavy atom. The number of unbranched alkanes of at least 4 members (excludes halogenated alkanes) is 2. The van der Waals surface area contributed by atoms with E-state index in [1.165, 1.54) is 16.7 Å². The fourth-order valence-corrected chi connectivity index (χ4v) is 6.30. The van der Waals surface area contributed by atoms with Crippen molar-refractivity contribution in [2.45, 2.75) is 55.2 Å². The van der Waals surface area contributed by atoms with Crippen molar-refractivity contribution in [1.29, 1.82) is 5.26 Å². The molecule has 0 saturated carbocycles. The van der Waals surface area contributed by atoms with E-state index in [0.29, 0.717) is 11.5 Å². The number of aryl methyl sites for hydroxylation is 1. The molecule has 0 fully saturated rings. The summed E-state index contributed by atoms with van der Waals surface area (Å²) < 4.78 is 15.7. The van der Waals surface area contributed by atoms with Crippen molar-refractivity contribution in [2.75, 3.05) is 34.4 Å². The van der Waals surface area contributed by atoms with Crippen LogP contribution in [-0.4, -0.2) is 39.3 Å². The Balaban J connectivity index is 1.41. The molecule has 0 aliphatic carbocycles. The Hall–Kier alpha value is -3.14. The van der Waals surface area contributed by atoms with Crippen molar-refractivity contribution in [3.8, 4) is 23.3 Å². The number of rotatable bonds is 12. The maximum absolute atomic E-state index is 10.6. The zero-order chi connectivity index (χ0) is 27.0. The lowest BCUT2D eigenvalue weighted by Crippen LogP contribution is -2.31. The van der Waals surface area contributed by atoms with Crippen LogP contribution >= 0.6 is 11.8 Å². The Kier molecular flexibility index (Phi) is 9.60. The molecular formula is C32H38N2O3S. The van der Waals surface area contributed by atoms with E-state index in [-0.39, 0.29) is 0 Å². The van der Waals surface area contributed by atoms with Crippen LogP contribution < -0.4 is 14.2 Å². The molecule has 3 aromatic carbocycles. The third kappa shape index (κ3) is 6.64. The van der Waals surface area contributed by atoms with Crippen LogP contribution in [0.4, 0.5) is 0 Å². The molecule has 0 bridgehead atoms. The fraction of sp³-hybridized carbons (Fsp3) is 0.406. The molecule has 0 radical (unpaired) electrons. The molecule has 3 aromatic rings. The van der Waals surface area contributed by atoms with Gasteiger partial charge >= 0.3 is 0 Å². The summed E-state index contributed by atoms with van der Waals surface area (Å²) in [5.41, 5.74) is 4.97. The quantitative estimate of drug-likeness (QED) is 0.183. The number of hydrogen-bond donors (Lipinski definition) is 0. The molecule has 1 unspecified atom stereocenters. The van der Waals surface area contributed by atoms with Crippen LogP contribution in [0.2, 0.25) is 0 Å². The van der Waals surface area contributed by atoms with E-state index < -0.39 is 4.75 Å². The lowest BCUT2D eigenvalue weighted by molar-refractivity contribution is 0.247. The fourth-order valence-electron chi connectivity index (χ4n) is 5.08. The Morgan fingerprint density at radius 2 is 1.66 bits per heavy atom. The Labute approximate surface area is 231 Å². The average Bonchev–Trinajstić information content (AvgIpc) is 2.96. The minimum Gasteiger partial charge on any atom is -0.497 e. The standard InChI is InChI=1S/C32H38N2O3S/c1-24-8-13-29(14-9-24)38-32(23-33,27-11-15-30(36-3)31(21-27)37-4)17-6-5-7-18-34-19-16-25-20-28(35-2)12-10-26(25)22-34/h8-15,20-21H,5-7,16-19,22H2,1-4H3. The zero-order valence-electron chi connectivity index (χ0n) is 23.0. The van der Waals surface area contributed by atoms with Crippen LogP contribution in [0.15, 0.2) is 65.6 Å². The predicted octanol–water partition coefficient (Wildman–Crippen LogP) is 7.15. The van der Waals surface area contributed by atoms with Gasteiger partial charge in [0.1, 0.15) is 10.5 Å². The Bertz CT molecular complexity index is 1250. The van der Waals surface area contributed by atoms with Gasteiger partial charge in [0.15, 0.2) is 11.5 Å². The van der Waals surface area contributed by atoms with Gasteiger partial charge in [0.05, 0.1) is 27.4 Å². The summed E-state index contributed by atoms with van der Waals surface area (Å²) in [5, 5.41) is 10.6. The van der Waals surface area contributed by atoms with Crippen LogP contribution in [0, 0.1) is 18.3 Å². The molecule has 38 heavy (non-hydrogen) atoms. The van der Waals surface area contributed by atoms with E-state index in [1.807, 2.05) is 18.2 Å². The minimum absolute atomic E-state index is 0.650. The van der Waals surface area contributed by atoms with E-state index >= 15 is 0 Å². The van der Waals surface area contributed by atoms with E-state index in [4.69, 9.17) is 14.2 Å². The molecule has 1 aliphatic heterocycles. The molecule has 1 heterocycles. The Morgan fingerprint density at radius 3 is 2.37 bits per heavy atom. The van der Waals surface area contributed by atoms with Gasteiger partial charge in [-0.25, -0.2) is 0 Å². The van der Waals surface area contributed by atoms with Gasteiger partial charge < -0.3 is 14.2 Å². The molecule has 1 atom stereocenters. The summed E-state index contributed by atoms with van der Waals surface area (Å²) in [4.78, 5) is 3.64. The van der Waals surface area contributed by atoms with Gasteiger partial charge in [-0.15, -0.1) is 0 Å². The van der Waals surface area contributed by atoms with Crippen LogP contribution in [0.1, 0.15) is 47.9 Å². The lowest BCUT2D eigenvalue weighted by Gasteiger charge is -2.29. The van der Waals surface area contributed by atoms with E-state index in [0.717, 1.165) is 67.9 Å². The highest BCUT2D eigenvalue weighted by molar-refractivity contribution is 8.00. The van der Waals surface area contributed by atoms with Gasteiger partial charge in [-0.3, -0.25) is 4.90 Å². The maximum Gasteiger partial charge on any atom is 0.161 e. The monoisotopic (exact) mass is 530 g/mol. The first-order chi connectivity index (χ1) is 18.5. The maximum atomic E-state index is 10.6. The summed E-state index contributed by atoms with van der Waals surface area (Å²) in [6, 6.07) is 23.4. The highest BCUT2D eigenvalue weighted by atomic mass is 32.2. The molecule has 4 rings (SSSR count). The van der Waals surface area contributed by atoms with Gasteiger partial charge in [-0.05, 0) is 85.8 Å². The number of benzene rings is 3. The number of ether oxygens (including phenoxy) is 3. The molecule has 0 amide bonds. The third-order valence-corrected chi connectivity index (χ3v) is 8.74. The second kappa shape index (κ2) is 13.1. The van der Waals surface area contributed by atoms with E-state index in [9.17, 15) is 5.26 Å². The minimum atomic E-state index is -0.710. The molecule has 200 valence electrons.